The van der Waals surface area contributed by atoms with Gasteiger partial charge < -0.3 is 19.3 Å². The maximum Gasteiger partial charge on any atom is 0.249 e. The summed E-state index contributed by atoms with van der Waals surface area (Å²) in [6, 6.07) is 12.1. The summed E-state index contributed by atoms with van der Waals surface area (Å²) in [7, 11) is 1.49. The Kier molecular flexibility index (Phi) is 8.42. The largest absolute Gasteiger partial charge is 0.382 e. The number of amides is 2. The number of benzene rings is 1. The summed E-state index contributed by atoms with van der Waals surface area (Å²) in [5, 5.41) is 2.09. The highest BCUT2D eigenvalue weighted by Crippen LogP contribution is 2.37. The van der Waals surface area contributed by atoms with Gasteiger partial charge in [0.05, 0.1) is 12.6 Å². The van der Waals surface area contributed by atoms with Crippen molar-refractivity contribution < 1.29 is 19.1 Å². The highest BCUT2D eigenvalue weighted by Gasteiger charge is 2.33. The van der Waals surface area contributed by atoms with Gasteiger partial charge >= 0.3 is 0 Å². The quantitative estimate of drug-likeness (QED) is 0.544. The molecule has 0 radical (unpaired) electrons. The molecule has 0 fully saturated rings. The van der Waals surface area contributed by atoms with E-state index in [0.29, 0.717) is 32.7 Å². The van der Waals surface area contributed by atoms with Gasteiger partial charge in [0.15, 0.2) is 0 Å². The molecule has 162 valence electrons. The molecule has 2 amide bonds. The molecular weight excluding hydrogens is 400 g/mol. The first-order chi connectivity index (χ1) is 14.7. The highest BCUT2D eigenvalue weighted by molar-refractivity contribution is 7.10. The van der Waals surface area contributed by atoms with E-state index in [0.717, 1.165) is 12.0 Å². The molecule has 1 atom stereocenters. The number of ether oxygens (including phenoxy) is 2. The van der Waals surface area contributed by atoms with Crippen molar-refractivity contribution in [3.63, 3.8) is 0 Å². The first kappa shape index (κ1) is 22.5. The van der Waals surface area contributed by atoms with Crippen molar-refractivity contribution in [2.45, 2.75) is 25.8 Å². The minimum atomic E-state index is -0.174. The number of carbonyl (C=O) groups is 2. The van der Waals surface area contributed by atoms with E-state index in [1.165, 1.54) is 17.6 Å². The van der Waals surface area contributed by atoms with Crippen LogP contribution in [0.5, 0.6) is 0 Å². The predicted octanol–water partition coefficient (Wildman–Crippen LogP) is 3.12. The molecule has 6 nitrogen and oxygen atoms in total. The molecule has 0 N–H and O–H groups in total. The second kappa shape index (κ2) is 11.2. The van der Waals surface area contributed by atoms with Gasteiger partial charge in [0.1, 0.15) is 6.61 Å². The molecule has 7 heteroatoms. The second-order valence-corrected chi connectivity index (χ2v) is 8.25. The van der Waals surface area contributed by atoms with Crippen LogP contribution in [0.15, 0.2) is 41.8 Å². The first-order valence-corrected chi connectivity index (χ1v) is 11.3. The SMILES string of the molecule is CCOCCCN(CC(=O)N1CCc2sccc2C1c1ccccc1)C(=O)COC. The van der Waals surface area contributed by atoms with Crippen molar-refractivity contribution in [2.24, 2.45) is 0 Å². The molecule has 0 bridgehead atoms. The Balaban J connectivity index is 1.77. The molecule has 30 heavy (non-hydrogen) atoms. The maximum atomic E-state index is 13.4. The molecule has 1 aromatic carbocycles. The Bertz CT molecular complexity index is 824. The van der Waals surface area contributed by atoms with Crippen LogP contribution in [-0.2, 0) is 25.5 Å². The summed E-state index contributed by atoms with van der Waals surface area (Å²) in [4.78, 5) is 30.8. The number of hydrogen-bond acceptors (Lipinski definition) is 5. The number of rotatable bonds is 10. The lowest BCUT2D eigenvalue weighted by Gasteiger charge is -2.37. The Morgan fingerprint density at radius 2 is 2.03 bits per heavy atom. The zero-order valence-electron chi connectivity index (χ0n) is 17.7. The van der Waals surface area contributed by atoms with Crippen LogP contribution in [0, 0.1) is 0 Å². The van der Waals surface area contributed by atoms with E-state index in [1.807, 2.05) is 30.0 Å². The van der Waals surface area contributed by atoms with Crippen molar-refractivity contribution in [3.05, 3.63) is 57.8 Å². The van der Waals surface area contributed by atoms with Crippen LogP contribution in [0.2, 0.25) is 0 Å². The smallest absolute Gasteiger partial charge is 0.249 e. The summed E-state index contributed by atoms with van der Waals surface area (Å²) in [6.45, 7) is 4.29. The van der Waals surface area contributed by atoms with E-state index < -0.39 is 0 Å². The monoisotopic (exact) mass is 430 g/mol. The Morgan fingerprint density at radius 1 is 1.23 bits per heavy atom. The minimum absolute atomic E-state index is 0.0291. The second-order valence-electron chi connectivity index (χ2n) is 7.25. The standard InChI is InChI=1S/C23H30N2O4S/c1-3-29-14-7-12-24(22(27)17-28-2)16-21(26)25-13-10-20-19(11-15-30-20)23(25)18-8-5-4-6-9-18/h4-6,8-9,11,15,23H,3,7,10,12-14,16-17H2,1-2H3. The Hall–Kier alpha value is -2.22. The van der Waals surface area contributed by atoms with Crippen LogP contribution in [0.25, 0.3) is 0 Å². The van der Waals surface area contributed by atoms with Gasteiger partial charge in [0.25, 0.3) is 0 Å². The van der Waals surface area contributed by atoms with Gasteiger partial charge in [0.2, 0.25) is 11.8 Å². The van der Waals surface area contributed by atoms with Gasteiger partial charge in [-0.3, -0.25) is 9.59 Å². The molecule has 2 aromatic rings. The average molecular weight is 431 g/mol. The number of nitrogens with zero attached hydrogens (tertiary/aromatic N) is 2. The first-order valence-electron chi connectivity index (χ1n) is 10.4. The molecule has 1 aromatic heterocycles. The van der Waals surface area contributed by atoms with E-state index in [-0.39, 0.29) is 31.0 Å². The third-order valence-electron chi connectivity index (χ3n) is 5.27. The number of fused-ring (bicyclic) bond motifs is 1. The summed E-state index contributed by atoms with van der Waals surface area (Å²) in [6.07, 6.45) is 1.53. The van der Waals surface area contributed by atoms with Crippen LogP contribution < -0.4 is 0 Å². The summed E-state index contributed by atoms with van der Waals surface area (Å²) in [5.41, 5.74) is 2.29. The van der Waals surface area contributed by atoms with E-state index in [1.54, 1.807) is 16.2 Å². The van der Waals surface area contributed by atoms with Crippen LogP contribution in [0.4, 0.5) is 0 Å². The number of hydrogen-bond donors (Lipinski definition) is 0. The van der Waals surface area contributed by atoms with E-state index in [9.17, 15) is 9.59 Å². The molecule has 2 heterocycles. The van der Waals surface area contributed by atoms with Gasteiger partial charge in [-0.25, -0.2) is 0 Å². The molecule has 1 aliphatic heterocycles. The Morgan fingerprint density at radius 3 is 2.77 bits per heavy atom. The normalized spacial score (nSPS) is 15.7. The van der Waals surface area contributed by atoms with Crippen molar-refractivity contribution in [3.8, 4) is 0 Å². The van der Waals surface area contributed by atoms with E-state index in [4.69, 9.17) is 9.47 Å². The number of methoxy groups -OCH3 is 1. The maximum absolute atomic E-state index is 13.4. The zero-order chi connectivity index (χ0) is 21.3. The fourth-order valence-electron chi connectivity index (χ4n) is 3.84. The number of thiophene rings is 1. The average Bonchev–Trinajstić information content (AvgIpc) is 3.24. The predicted molar refractivity (Wildman–Crippen MR) is 118 cm³/mol. The topological polar surface area (TPSA) is 59.1 Å². The Labute approximate surface area is 182 Å². The van der Waals surface area contributed by atoms with Gasteiger partial charge in [-0.2, -0.15) is 0 Å². The third-order valence-corrected chi connectivity index (χ3v) is 6.27. The van der Waals surface area contributed by atoms with Crippen molar-refractivity contribution >= 4 is 23.2 Å². The van der Waals surface area contributed by atoms with Gasteiger partial charge in [-0.15, -0.1) is 11.3 Å². The molecule has 1 aliphatic rings. The van der Waals surface area contributed by atoms with Crippen molar-refractivity contribution in [1.29, 1.82) is 0 Å². The molecule has 1 unspecified atom stereocenters. The summed E-state index contributed by atoms with van der Waals surface area (Å²) in [5.74, 6) is -0.214. The van der Waals surface area contributed by atoms with Gasteiger partial charge in [-0.05, 0) is 42.3 Å². The third kappa shape index (κ3) is 5.47. The van der Waals surface area contributed by atoms with Crippen molar-refractivity contribution in [1.82, 2.24) is 9.80 Å². The van der Waals surface area contributed by atoms with Crippen LogP contribution in [0.1, 0.15) is 35.4 Å². The zero-order valence-corrected chi connectivity index (χ0v) is 18.5. The minimum Gasteiger partial charge on any atom is -0.382 e. The molecule has 0 saturated heterocycles. The fourth-order valence-corrected chi connectivity index (χ4v) is 4.75. The van der Waals surface area contributed by atoms with Gasteiger partial charge in [0, 0.05) is 38.3 Å². The van der Waals surface area contributed by atoms with Crippen LogP contribution in [-0.4, -0.2) is 68.2 Å². The lowest BCUT2D eigenvalue weighted by Crippen LogP contribution is -2.47. The summed E-state index contributed by atoms with van der Waals surface area (Å²) >= 11 is 1.75. The molecular formula is C23H30N2O4S. The molecule has 3 rings (SSSR count). The highest BCUT2D eigenvalue weighted by atomic mass is 32.1. The van der Waals surface area contributed by atoms with Crippen LogP contribution >= 0.6 is 11.3 Å². The lowest BCUT2D eigenvalue weighted by molar-refractivity contribution is -0.143. The van der Waals surface area contributed by atoms with E-state index >= 15 is 0 Å². The number of carbonyl (C=O) groups excluding carboxylic acids is 2. The van der Waals surface area contributed by atoms with Crippen molar-refractivity contribution in [2.75, 3.05) is 46.6 Å². The fraction of sp³-hybridized carbons (Fsp3) is 0.478. The van der Waals surface area contributed by atoms with Gasteiger partial charge in [-0.1, -0.05) is 30.3 Å². The molecule has 0 spiro atoms. The molecule has 0 saturated carbocycles. The van der Waals surface area contributed by atoms with Crippen LogP contribution in [0.3, 0.4) is 0 Å². The lowest BCUT2D eigenvalue weighted by atomic mass is 9.93. The summed E-state index contributed by atoms with van der Waals surface area (Å²) < 4.78 is 10.4. The van der Waals surface area contributed by atoms with E-state index in [2.05, 4.69) is 23.6 Å². The molecule has 0 aliphatic carbocycles.